The lowest BCUT2D eigenvalue weighted by atomic mass is 10.0. The molecule has 5 aromatic rings. The highest BCUT2D eigenvalue weighted by molar-refractivity contribution is 5.95. The van der Waals surface area contributed by atoms with Gasteiger partial charge in [-0.05, 0) is 96.1 Å². The van der Waals surface area contributed by atoms with Crippen LogP contribution in [0.3, 0.4) is 0 Å². The predicted molar refractivity (Wildman–Crippen MR) is 166 cm³/mol. The molecular formula is C34H26N4O4. The minimum Gasteiger partial charge on any atom is -0.504 e. The van der Waals surface area contributed by atoms with E-state index in [1.165, 1.54) is 14.2 Å². The van der Waals surface area contributed by atoms with Gasteiger partial charge >= 0.3 is 0 Å². The van der Waals surface area contributed by atoms with Gasteiger partial charge in [-0.15, -0.1) is 0 Å². The molecule has 8 bridgehead atoms. The van der Waals surface area contributed by atoms with Gasteiger partial charge in [0.2, 0.25) is 0 Å². The summed E-state index contributed by atoms with van der Waals surface area (Å²) in [6, 6.07) is 22.6. The molecule has 0 saturated carbocycles. The van der Waals surface area contributed by atoms with E-state index in [-0.39, 0.29) is 11.5 Å². The number of hydrogen-bond donors (Lipinski definition) is 4. The normalized spacial score (nSPS) is 12.0. The molecule has 0 atom stereocenters. The fourth-order valence-electron chi connectivity index (χ4n) is 5.37. The molecule has 0 fully saturated rings. The average Bonchev–Trinajstić information content (AvgIpc) is 3.80. The van der Waals surface area contributed by atoms with Crippen LogP contribution in [0.2, 0.25) is 0 Å². The van der Waals surface area contributed by atoms with Crippen LogP contribution < -0.4 is 9.47 Å². The Hall–Kier alpha value is -5.76. The van der Waals surface area contributed by atoms with Crippen molar-refractivity contribution in [1.29, 1.82) is 0 Å². The number of aromatic hydroxyl groups is 2. The molecule has 0 amide bonds. The van der Waals surface area contributed by atoms with E-state index in [0.717, 1.165) is 67.1 Å². The zero-order valence-corrected chi connectivity index (χ0v) is 22.8. The molecular weight excluding hydrogens is 528 g/mol. The van der Waals surface area contributed by atoms with E-state index in [2.05, 4.69) is 9.97 Å². The fourth-order valence-corrected chi connectivity index (χ4v) is 5.37. The largest absolute Gasteiger partial charge is 0.504 e. The second-order valence-corrected chi connectivity index (χ2v) is 9.98. The van der Waals surface area contributed by atoms with Gasteiger partial charge in [0.25, 0.3) is 0 Å². The topological polar surface area (TPSA) is 116 Å². The van der Waals surface area contributed by atoms with E-state index >= 15 is 0 Å². The van der Waals surface area contributed by atoms with Crippen LogP contribution in [0.1, 0.15) is 22.8 Å². The molecule has 5 heterocycles. The molecule has 0 saturated heterocycles. The molecule has 206 valence electrons. The van der Waals surface area contributed by atoms with Crippen LogP contribution in [0.4, 0.5) is 0 Å². The van der Waals surface area contributed by atoms with Gasteiger partial charge in [0.15, 0.2) is 23.0 Å². The Morgan fingerprint density at radius 1 is 0.548 bits per heavy atom. The Morgan fingerprint density at radius 3 is 1.45 bits per heavy atom. The van der Waals surface area contributed by atoms with Crippen LogP contribution in [0.25, 0.3) is 68.6 Å². The van der Waals surface area contributed by atoms with Crippen molar-refractivity contribution in [3.05, 3.63) is 95.6 Å². The summed E-state index contributed by atoms with van der Waals surface area (Å²) < 4.78 is 10.6. The molecule has 0 spiro atoms. The van der Waals surface area contributed by atoms with Crippen LogP contribution in [-0.4, -0.2) is 44.4 Å². The van der Waals surface area contributed by atoms with Crippen LogP contribution in [0.15, 0.2) is 72.8 Å². The standard InChI is InChI=1S/C34H26N4O4/c1-41-31-13-3-19(15-29(31)39)33-25-9-7-23(36-25)17-21-5-6-22(35-21)18-24-8-10-26(37-24)34(28-12-11-27(33)38-28)20-4-14-32(42-2)30(40)16-20/h3-18,35,38-40H,1-2H3. The Kier molecular flexibility index (Phi) is 6.01. The average molecular weight is 555 g/mol. The van der Waals surface area contributed by atoms with E-state index in [9.17, 15) is 10.2 Å². The predicted octanol–water partition coefficient (Wildman–Crippen LogP) is 7.42. The molecule has 3 aromatic heterocycles. The first-order valence-corrected chi connectivity index (χ1v) is 13.3. The van der Waals surface area contributed by atoms with Crippen molar-refractivity contribution >= 4 is 46.4 Å². The number of nitrogens with zero attached hydrogens (tertiary/aromatic N) is 2. The van der Waals surface area contributed by atoms with Gasteiger partial charge in [-0.3, -0.25) is 0 Å². The molecule has 4 N–H and O–H groups in total. The van der Waals surface area contributed by atoms with Gasteiger partial charge in [-0.2, -0.15) is 0 Å². The highest BCUT2D eigenvalue weighted by atomic mass is 16.5. The number of nitrogens with one attached hydrogen (secondary N) is 2. The number of fused-ring (bicyclic) bond motifs is 8. The van der Waals surface area contributed by atoms with E-state index in [1.807, 2.05) is 72.8 Å². The van der Waals surface area contributed by atoms with Crippen LogP contribution in [0.5, 0.6) is 23.0 Å². The third kappa shape index (κ3) is 4.45. The van der Waals surface area contributed by atoms with E-state index in [4.69, 9.17) is 19.4 Å². The minimum atomic E-state index is 0.0319. The van der Waals surface area contributed by atoms with Crippen LogP contribution in [0, 0.1) is 0 Å². The molecule has 8 heteroatoms. The molecule has 0 unspecified atom stereocenters. The number of rotatable bonds is 4. The van der Waals surface area contributed by atoms with Crippen molar-refractivity contribution < 1.29 is 19.7 Å². The Morgan fingerprint density at radius 2 is 1.02 bits per heavy atom. The van der Waals surface area contributed by atoms with Gasteiger partial charge in [0, 0.05) is 33.2 Å². The SMILES string of the molecule is COc1ccc(-c2c3nc(cc4ccc(cc5nc(c(-c6ccc(OC)c(O)c6)c6ccc2[nH]6)C=C5)[nH]4)C=C3)cc1O. The molecule has 0 aliphatic carbocycles. The summed E-state index contributed by atoms with van der Waals surface area (Å²) >= 11 is 0. The van der Waals surface area contributed by atoms with Gasteiger partial charge < -0.3 is 29.7 Å². The maximum Gasteiger partial charge on any atom is 0.160 e. The van der Waals surface area contributed by atoms with Gasteiger partial charge in [-0.1, -0.05) is 12.1 Å². The van der Waals surface area contributed by atoms with Crippen LogP contribution >= 0.6 is 0 Å². The lowest BCUT2D eigenvalue weighted by Crippen LogP contribution is -1.89. The van der Waals surface area contributed by atoms with Gasteiger partial charge in [0.1, 0.15) is 0 Å². The smallest absolute Gasteiger partial charge is 0.160 e. The van der Waals surface area contributed by atoms with Crippen molar-refractivity contribution in [3.8, 4) is 45.3 Å². The second-order valence-electron chi connectivity index (χ2n) is 9.98. The van der Waals surface area contributed by atoms with Gasteiger partial charge in [-0.25, -0.2) is 9.97 Å². The number of hydrogen-bond acceptors (Lipinski definition) is 6. The maximum absolute atomic E-state index is 10.6. The summed E-state index contributed by atoms with van der Waals surface area (Å²) in [5, 5.41) is 21.3. The number of benzene rings is 2. The van der Waals surface area contributed by atoms with E-state index in [1.54, 1.807) is 24.3 Å². The zero-order valence-electron chi connectivity index (χ0n) is 22.8. The first kappa shape index (κ1) is 25.2. The summed E-state index contributed by atoms with van der Waals surface area (Å²) in [7, 11) is 3.04. The van der Waals surface area contributed by atoms with Crippen molar-refractivity contribution in [2.45, 2.75) is 0 Å². The maximum atomic E-state index is 10.6. The molecule has 2 aromatic carbocycles. The lowest BCUT2D eigenvalue weighted by Gasteiger charge is -2.09. The highest BCUT2D eigenvalue weighted by Gasteiger charge is 2.16. The van der Waals surface area contributed by atoms with Crippen LogP contribution in [-0.2, 0) is 0 Å². The number of H-pyrrole nitrogens is 2. The third-order valence-corrected chi connectivity index (χ3v) is 7.33. The molecule has 0 radical (unpaired) electrons. The fraction of sp³-hybridized carbons (Fsp3) is 0.0588. The molecule has 7 rings (SSSR count). The quantitative estimate of drug-likeness (QED) is 0.180. The number of methoxy groups -OCH3 is 2. The van der Waals surface area contributed by atoms with Gasteiger partial charge in [0.05, 0.1) is 37.0 Å². The molecule has 8 nitrogen and oxygen atoms in total. The van der Waals surface area contributed by atoms with E-state index in [0.29, 0.717) is 11.5 Å². The molecule has 2 aliphatic heterocycles. The van der Waals surface area contributed by atoms with Crippen molar-refractivity contribution in [3.63, 3.8) is 0 Å². The van der Waals surface area contributed by atoms with E-state index < -0.39 is 0 Å². The number of phenols is 2. The Labute approximate surface area is 240 Å². The second kappa shape index (κ2) is 10.0. The molecule has 2 aliphatic rings. The summed E-state index contributed by atoms with van der Waals surface area (Å²) in [4.78, 5) is 16.9. The Bertz CT molecular complexity index is 1960. The first-order valence-electron chi connectivity index (χ1n) is 13.3. The highest BCUT2D eigenvalue weighted by Crippen LogP contribution is 2.38. The number of phenolic OH excluding ortho intramolecular Hbond substituents is 2. The molecule has 42 heavy (non-hydrogen) atoms. The zero-order chi connectivity index (χ0) is 28.8. The lowest BCUT2D eigenvalue weighted by molar-refractivity contribution is 0.373. The summed E-state index contributed by atoms with van der Waals surface area (Å²) in [6.45, 7) is 0. The summed E-state index contributed by atoms with van der Waals surface area (Å²) in [5.41, 5.74) is 9.62. The monoisotopic (exact) mass is 554 g/mol. The van der Waals surface area contributed by atoms with Crippen molar-refractivity contribution in [2.75, 3.05) is 14.2 Å². The number of aromatic nitrogens is 4. The first-order chi connectivity index (χ1) is 20.5. The third-order valence-electron chi connectivity index (χ3n) is 7.33. The van der Waals surface area contributed by atoms with Crippen molar-refractivity contribution in [2.24, 2.45) is 0 Å². The van der Waals surface area contributed by atoms with Crippen molar-refractivity contribution in [1.82, 2.24) is 19.9 Å². The Balaban J connectivity index is 1.60. The number of aromatic amines is 2. The summed E-state index contributed by atoms with van der Waals surface area (Å²) in [5.74, 6) is 0.835. The number of ether oxygens (including phenoxy) is 2. The summed E-state index contributed by atoms with van der Waals surface area (Å²) in [6.07, 6.45) is 7.86. The minimum absolute atomic E-state index is 0.0319.